The largest absolute Gasteiger partial charge is 0.291 e. The molecule has 0 nitrogen and oxygen atoms in total. The molecule has 0 aromatic heterocycles. The Hall–Kier alpha value is -0.508. The first kappa shape index (κ1) is 10.6. The van der Waals surface area contributed by atoms with Crippen LogP contribution in [0.25, 0.3) is 0 Å². The van der Waals surface area contributed by atoms with E-state index in [1.54, 1.807) is 0 Å². The minimum absolute atomic E-state index is 0.600. The summed E-state index contributed by atoms with van der Waals surface area (Å²) in [6.45, 7) is 4.13. The van der Waals surface area contributed by atoms with Crippen LogP contribution in [0.4, 0.5) is 0 Å². The van der Waals surface area contributed by atoms with E-state index in [0.29, 0.717) is 0 Å². The van der Waals surface area contributed by atoms with Gasteiger partial charge in [-0.25, -0.2) is 0 Å². The van der Waals surface area contributed by atoms with Crippen molar-refractivity contribution < 1.29 is 0 Å². The predicted molar refractivity (Wildman–Crippen MR) is 61.4 cm³/mol. The fourth-order valence-electron chi connectivity index (χ4n) is 1.24. The summed E-state index contributed by atoms with van der Waals surface area (Å²) in [7, 11) is 0. The van der Waals surface area contributed by atoms with Gasteiger partial charge in [0.2, 0.25) is 0 Å². The van der Waals surface area contributed by atoms with E-state index in [1.165, 1.54) is 16.4 Å². The number of benzene rings is 1. The molecule has 1 rings (SSSR count). The van der Waals surface area contributed by atoms with Gasteiger partial charge < -0.3 is 0 Å². The lowest BCUT2D eigenvalue weighted by atomic mass is 10.1. The third-order valence-corrected chi connectivity index (χ3v) is 4.32. The molecule has 0 heterocycles. The van der Waals surface area contributed by atoms with Gasteiger partial charge in [0, 0.05) is 0 Å². The lowest BCUT2D eigenvalue weighted by Gasteiger charge is -2.05. The smallest absolute Gasteiger partial charge is 0.138 e. The van der Waals surface area contributed by atoms with Crippen LogP contribution >= 0.6 is 0 Å². The third kappa shape index (κ3) is 3.81. The molecule has 0 atom stereocenters. The maximum absolute atomic E-state index is 4.13. The highest BCUT2D eigenvalue weighted by atomic mass is 27.2. The zero-order chi connectivity index (χ0) is 9.68. The van der Waals surface area contributed by atoms with Crippen molar-refractivity contribution in [2.75, 3.05) is 0 Å². The molecule has 0 saturated carbocycles. The van der Waals surface area contributed by atoms with Crippen LogP contribution in [0.2, 0.25) is 11.6 Å². The van der Waals surface area contributed by atoms with Gasteiger partial charge in [-0.05, 0) is 18.4 Å². The van der Waals surface area contributed by atoms with Crippen molar-refractivity contribution in [2.24, 2.45) is 0 Å². The van der Waals surface area contributed by atoms with E-state index in [4.69, 9.17) is 0 Å². The maximum Gasteiger partial charge on any atom is 0.291 e. The molecular weight excluding hydrogens is 171 g/mol. The molecule has 0 spiro atoms. The molecule has 0 unspecified atom stereocenters. The minimum Gasteiger partial charge on any atom is -0.138 e. The van der Waals surface area contributed by atoms with Crippen LogP contribution in [0.1, 0.15) is 12.0 Å². The van der Waals surface area contributed by atoms with Crippen molar-refractivity contribution in [3.05, 3.63) is 46.9 Å². The summed E-state index contributed by atoms with van der Waals surface area (Å²) >= 11 is -0.600. The van der Waals surface area contributed by atoms with E-state index in [1.807, 2.05) is 0 Å². The summed E-state index contributed by atoms with van der Waals surface area (Å²) in [5, 5.41) is 0. The Labute approximate surface area is 85.7 Å². The SMILES string of the molecule is C=[C](CCc1ccccc1)[Al]([CH3])[CH3]. The van der Waals surface area contributed by atoms with Gasteiger partial charge in [0.15, 0.2) is 0 Å². The zero-order valence-corrected chi connectivity index (χ0v) is 9.74. The van der Waals surface area contributed by atoms with Crippen molar-refractivity contribution >= 4 is 14.1 Å². The number of allylic oxidation sites excluding steroid dienone is 1. The number of hydrogen-bond donors (Lipinski definition) is 0. The standard InChI is InChI=1S/C10H11.2CH3.Al/c1-2-3-7-10-8-5-4-6-9-10;;;/h4-6,8-9H,1,3,7H2;2*1H3;. The fourth-order valence-corrected chi connectivity index (χ4v) is 1.96. The van der Waals surface area contributed by atoms with Gasteiger partial charge >= 0.3 is 0 Å². The molecule has 68 valence electrons. The maximum atomic E-state index is 4.13. The van der Waals surface area contributed by atoms with Crippen molar-refractivity contribution in [1.82, 2.24) is 0 Å². The molecule has 0 fully saturated rings. The van der Waals surface area contributed by atoms with Gasteiger partial charge in [-0.1, -0.05) is 30.3 Å². The first-order valence-electron chi connectivity index (χ1n) is 4.91. The van der Waals surface area contributed by atoms with Crippen LogP contribution in [0.5, 0.6) is 0 Å². The lowest BCUT2D eigenvalue weighted by molar-refractivity contribution is 0.984. The number of rotatable bonds is 4. The first-order valence-corrected chi connectivity index (χ1v) is 7.80. The highest BCUT2D eigenvalue weighted by molar-refractivity contribution is 6.63. The van der Waals surface area contributed by atoms with Crippen LogP contribution in [-0.4, -0.2) is 14.1 Å². The van der Waals surface area contributed by atoms with Crippen molar-refractivity contribution in [3.8, 4) is 0 Å². The second-order valence-corrected chi connectivity index (χ2v) is 6.92. The molecule has 0 aliphatic rings. The highest BCUT2D eigenvalue weighted by Crippen LogP contribution is 2.09. The average Bonchev–Trinajstić information content (AvgIpc) is 2.15. The van der Waals surface area contributed by atoms with E-state index in [9.17, 15) is 0 Å². The van der Waals surface area contributed by atoms with Crippen LogP contribution in [-0.2, 0) is 6.42 Å². The third-order valence-electron chi connectivity index (χ3n) is 2.39. The number of aryl methyl sites for hydroxylation is 1. The van der Waals surface area contributed by atoms with Crippen LogP contribution < -0.4 is 0 Å². The topological polar surface area (TPSA) is 0 Å². The monoisotopic (exact) mass is 188 g/mol. The Morgan fingerprint density at radius 2 is 1.85 bits per heavy atom. The van der Waals surface area contributed by atoms with Crippen molar-refractivity contribution in [1.29, 1.82) is 0 Å². The fraction of sp³-hybridized carbons (Fsp3) is 0.333. The lowest BCUT2D eigenvalue weighted by Crippen LogP contribution is -2.05. The van der Waals surface area contributed by atoms with Gasteiger partial charge in [0.05, 0.1) is 0 Å². The summed E-state index contributed by atoms with van der Waals surface area (Å²) in [5.41, 5.74) is 1.43. The summed E-state index contributed by atoms with van der Waals surface area (Å²) in [6, 6.07) is 10.6. The molecule has 0 aliphatic carbocycles. The molecule has 0 aliphatic heterocycles. The second kappa shape index (κ2) is 5.27. The molecule has 1 heteroatoms. The van der Waals surface area contributed by atoms with Gasteiger partial charge in [-0.15, -0.1) is 22.6 Å². The molecule has 0 saturated heterocycles. The Morgan fingerprint density at radius 3 is 2.38 bits per heavy atom. The van der Waals surface area contributed by atoms with Crippen LogP contribution in [0.3, 0.4) is 0 Å². The molecule has 13 heavy (non-hydrogen) atoms. The van der Waals surface area contributed by atoms with Crippen LogP contribution in [0, 0.1) is 0 Å². The molecule has 0 amide bonds. The highest BCUT2D eigenvalue weighted by Gasteiger charge is 2.06. The molecule has 0 radical (unpaired) electrons. The van der Waals surface area contributed by atoms with E-state index >= 15 is 0 Å². The molecule has 0 bridgehead atoms. The predicted octanol–water partition coefficient (Wildman–Crippen LogP) is 3.47. The second-order valence-electron chi connectivity index (χ2n) is 3.80. The van der Waals surface area contributed by atoms with Gasteiger partial charge in [-0.2, -0.15) is 0 Å². The molecular formula is C12H17Al. The average molecular weight is 188 g/mol. The normalized spacial score (nSPS) is 9.69. The molecule has 0 N–H and O–H groups in total. The summed E-state index contributed by atoms with van der Waals surface area (Å²) in [4.78, 5) is 0. The zero-order valence-electron chi connectivity index (χ0n) is 8.59. The van der Waals surface area contributed by atoms with Crippen molar-refractivity contribution in [3.63, 3.8) is 0 Å². The van der Waals surface area contributed by atoms with Gasteiger partial charge in [0.25, 0.3) is 14.1 Å². The van der Waals surface area contributed by atoms with Crippen LogP contribution in [0.15, 0.2) is 41.3 Å². The van der Waals surface area contributed by atoms with E-state index in [-0.39, 0.29) is 0 Å². The molecule has 1 aromatic carbocycles. The Morgan fingerprint density at radius 1 is 1.23 bits per heavy atom. The summed E-state index contributed by atoms with van der Waals surface area (Å²) in [6.07, 6.45) is 2.33. The number of hydrogen-bond acceptors (Lipinski definition) is 0. The Bertz CT molecular complexity index is 262. The van der Waals surface area contributed by atoms with Gasteiger partial charge in [0.1, 0.15) is 0 Å². The quantitative estimate of drug-likeness (QED) is 0.635. The minimum atomic E-state index is -0.600. The van der Waals surface area contributed by atoms with E-state index in [2.05, 4.69) is 48.5 Å². The van der Waals surface area contributed by atoms with E-state index in [0.717, 1.165) is 6.42 Å². The summed E-state index contributed by atoms with van der Waals surface area (Å²) < 4.78 is 1.49. The Balaban J connectivity index is 2.40. The van der Waals surface area contributed by atoms with Gasteiger partial charge in [-0.3, -0.25) is 0 Å². The molecule has 1 aromatic rings. The Kier molecular flexibility index (Phi) is 4.29. The summed E-state index contributed by atoms with van der Waals surface area (Å²) in [5.74, 6) is 4.68. The van der Waals surface area contributed by atoms with Crippen molar-refractivity contribution in [2.45, 2.75) is 24.4 Å². The first-order chi connectivity index (χ1) is 6.20. The van der Waals surface area contributed by atoms with E-state index < -0.39 is 14.1 Å².